The highest BCUT2D eigenvalue weighted by molar-refractivity contribution is 14.1. The molecule has 0 fully saturated rings. The Hall–Kier alpha value is -1.67. The zero-order valence-corrected chi connectivity index (χ0v) is 14.2. The van der Waals surface area contributed by atoms with Gasteiger partial charge in [-0.05, 0) is 52.9 Å². The molecule has 0 heterocycles. The molecular formula is C15H13IN2O2S. The first-order valence-electron chi connectivity index (χ1n) is 6.06. The molecule has 0 aliphatic heterocycles. The number of nitrogens with one attached hydrogen (secondary N) is 1. The monoisotopic (exact) mass is 412 g/mol. The summed E-state index contributed by atoms with van der Waals surface area (Å²) in [5, 5.41) is 2.83. The number of methoxy groups -OCH3 is 1. The first-order chi connectivity index (χ1) is 10.0. The summed E-state index contributed by atoms with van der Waals surface area (Å²) < 4.78 is 6.15. The highest BCUT2D eigenvalue weighted by atomic mass is 127. The topological polar surface area (TPSA) is 64.3 Å². The molecule has 4 nitrogen and oxygen atoms in total. The number of hydrogen-bond donors (Lipinski definition) is 2. The maximum atomic E-state index is 12.3. The second kappa shape index (κ2) is 6.86. The lowest BCUT2D eigenvalue weighted by Gasteiger charge is -2.12. The molecule has 108 valence electrons. The van der Waals surface area contributed by atoms with E-state index in [0.717, 1.165) is 3.57 Å². The molecule has 0 atom stereocenters. The van der Waals surface area contributed by atoms with E-state index >= 15 is 0 Å². The number of thiocarbonyl (C=S) groups is 1. The normalized spacial score (nSPS) is 10.0. The third kappa shape index (κ3) is 3.70. The standard InChI is InChI=1S/C15H13IN2O2S/c1-20-13-8-9(14(17)21)6-7-12(13)18-15(19)10-4-2-3-5-11(10)16/h2-8H,1H3,(H2,17,21)(H,18,19). The van der Waals surface area contributed by atoms with Gasteiger partial charge in [-0.1, -0.05) is 24.4 Å². The predicted octanol–water partition coefficient (Wildman–Crippen LogP) is 3.19. The molecule has 21 heavy (non-hydrogen) atoms. The van der Waals surface area contributed by atoms with Gasteiger partial charge in [0.1, 0.15) is 10.7 Å². The van der Waals surface area contributed by atoms with Crippen molar-refractivity contribution in [3.63, 3.8) is 0 Å². The summed E-state index contributed by atoms with van der Waals surface area (Å²) in [6.07, 6.45) is 0. The Morgan fingerprint density at radius 1 is 1.29 bits per heavy atom. The Kier molecular flexibility index (Phi) is 5.13. The molecule has 0 aliphatic rings. The third-order valence-electron chi connectivity index (χ3n) is 2.85. The smallest absolute Gasteiger partial charge is 0.256 e. The second-order valence-corrected chi connectivity index (χ2v) is 5.82. The Balaban J connectivity index is 2.29. The van der Waals surface area contributed by atoms with Crippen LogP contribution in [0.2, 0.25) is 0 Å². The van der Waals surface area contributed by atoms with Crippen LogP contribution >= 0.6 is 34.8 Å². The number of rotatable bonds is 4. The summed E-state index contributed by atoms with van der Waals surface area (Å²) in [7, 11) is 1.53. The molecule has 2 rings (SSSR count). The summed E-state index contributed by atoms with van der Waals surface area (Å²) in [5.41, 5.74) is 7.46. The highest BCUT2D eigenvalue weighted by Gasteiger charge is 2.13. The van der Waals surface area contributed by atoms with Crippen LogP contribution in [0.5, 0.6) is 5.75 Å². The molecule has 6 heteroatoms. The van der Waals surface area contributed by atoms with E-state index < -0.39 is 0 Å². The molecule has 0 aliphatic carbocycles. The van der Waals surface area contributed by atoms with Gasteiger partial charge < -0.3 is 15.8 Å². The van der Waals surface area contributed by atoms with Gasteiger partial charge in [-0.2, -0.15) is 0 Å². The van der Waals surface area contributed by atoms with E-state index in [1.807, 2.05) is 18.2 Å². The zero-order chi connectivity index (χ0) is 15.4. The van der Waals surface area contributed by atoms with E-state index in [9.17, 15) is 4.79 Å². The van der Waals surface area contributed by atoms with Crippen LogP contribution in [0.4, 0.5) is 5.69 Å². The highest BCUT2D eigenvalue weighted by Crippen LogP contribution is 2.26. The van der Waals surface area contributed by atoms with E-state index in [0.29, 0.717) is 22.6 Å². The van der Waals surface area contributed by atoms with E-state index in [1.165, 1.54) is 7.11 Å². The molecule has 0 spiro atoms. The van der Waals surface area contributed by atoms with Crippen LogP contribution in [0.25, 0.3) is 0 Å². The number of halogens is 1. The van der Waals surface area contributed by atoms with Crippen LogP contribution < -0.4 is 15.8 Å². The number of amides is 1. The molecule has 0 bridgehead atoms. The van der Waals surface area contributed by atoms with Gasteiger partial charge in [0.05, 0.1) is 18.4 Å². The van der Waals surface area contributed by atoms with Crippen LogP contribution in [0.1, 0.15) is 15.9 Å². The maximum absolute atomic E-state index is 12.3. The van der Waals surface area contributed by atoms with Gasteiger partial charge in [0, 0.05) is 9.13 Å². The van der Waals surface area contributed by atoms with Gasteiger partial charge in [-0.3, -0.25) is 4.79 Å². The number of benzene rings is 2. The minimum atomic E-state index is -0.193. The van der Waals surface area contributed by atoms with Crippen LogP contribution in [-0.2, 0) is 0 Å². The molecule has 1 amide bonds. The van der Waals surface area contributed by atoms with Gasteiger partial charge in [-0.25, -0.2) is 0 Å². The molecule has 0 radical (unpaired) electrons. The number of carbonyl (C=O) groups excluding carboxylic acids is 1. The van der Waals surface area contributed by atoms with E-state index in [4.69, 9.17) is 22.7 Å². The molecule has 2 aromatic rings. The maximum Gasteiger partial charge on any atom is 0.256 e. The average Bonchev–Trinajstić information content (AvgIpc) is 2.47. The summed E-state index contributed by atoms with van der Waals surface area (Å²) in [4.78, 5) is 12.6. The lowest BCUT2D eigenvalue weighted by atomic mass is 10.1. The molecule has 2 aromatic carbocycles. The van der Waals surface area contributed by atoms with Crippen molar-refractivity contribution in [2.75, 3.05) is 12.4 Å². The van der Waals surface area contributed by atoms with Gasteiger partial charge in [-0.15, -0.1) is 0 Å². The summed E-state index contributed by atoms with van der Waals surface area (Å²) in [5.74, 6) is 0.320. The predicted molar refractivity (Wildman–Crippen MR) is 96.0 cm³/mol. The molecule has 0 aromatic heterocycles. The fourth-order valence-electron chi connectivity index (χ4n) is 1.78. The van der Waals surface area contributed by atoms with Crippen molar-refractivity contribution in [3.8, 4) is 5.75 Å². The molecular weight excluding hydrogens is 399 g/mol. The lowest BCUT2D eigenvalue weighted by molar-refractivity contribution is 0.102. The fourth-order valence-corrected chi connectivity index (χ4v) is 2.54. The van der Waals surface area contributed by atoms with Crippen molar-refractivity contribution in [3.05, 3.63) is 57.2 Å². The van der Waals surface area contributed by atoms with Gasteiger partial charge >= 0.3 is 0 Å². The summed E-state index contributed by atoms with van der Waals surface area (Å²) >= 11 is 7.05. The van der Waals surface area contributed by atoms with Crippen LogP contribution in [0, 0.1) is 3.57 Å². The Morgan fingerprint density at radius 3 is 2.62 bits per heavy atom. The molecule has 0 unspecified atom stereocenters. The van der Waals surface area contributed by atoms with E-state index in [2.05, 4.69) is 27.9 Å². The van der Waals surface area contributed by atoms with Crippen LogP contribution in [-0.4, -0.2) is 18.0 Å². The van der Waals surface area contributed by atoms with Crippen molar-refractivity contribution in [2.45, 2.75) is 0 Å². The Labute approximate surface area is 141 Å². The SMILES string of the molecule is COc1cc(C(N)=S)ccc1NC(=O)c1ccccc1I. The largest absolute Gasteiger partial charge is 0.495 e. The van der Waals surface area contributed by atoms with Gasteiger partial charge in [0.25, 0.3) is 5.91 Å². The Bertz CT molecular complexity index is 704. The van der Waals surface area contributed by atoms with Crippen LogP contribution in [0.15, 0.2) is 42.5 Å². The Morgan fingerprint density at radius 2 is 2.00 bits per heavy atom. The zero-order valence-electron chi connectivity index (χ0n) is 11.2. The summed E-state index contributed by atoms with van der Waals surface area (Å²) in [6, 6.07) is 12.5. The quantitative estimate of drug-likeness (QED) is 0.598. The fraction of sp³-hybridized carbons (Fsp3) is 0.0667. The third-order valence-corrected chi connectivity index (χ3v) is 4.03. The van der Waals surface area contributed by atoms with Crippen molar-refractivity contribution >= 4 is 51.4 Å². The van der Waals surface area contributed by atoms with Crippen molar-refractivity contribution in [1.29, 1.82) is 0 Å². The molecule has 0 saturated carbocycles. The van der Waals surface area contributed by atoms with E-state index in [-0.39, 0.29) is 10.9 Å². The summed E-state index contributed by atoms with van der Waals surface area (Å²) in [6.45, 7) is 0. The van der Waals surface area contributed by atoms with Crippen LogP contribution in [0.3, 0.4) is 0 Å². The average molecular weight is 412 g/mol. The number of ether oxygens (including phenoxy) is 1. The van der Waals surface area contributed by atoms with E-state index in [1.54, 1.807) is 24.3 Å². The first-order valence-corrected chi connectivity index (χ1v) is 7.55. The minimum Gasteiger partial charge on any atom is -0.495 e. The van der Waals surface area contributed by atoms with Crippen molar-refractivity contribution in [2.24, 2.45) is 5.73 Å². The number of carbonyl (C=O) groups is 1. The number of anilines is 1. The minimum absolute atomic E-state index is 0.193. The lowest BCUT2D eigenvalue weighted by Crippen LogP contribution is -2.15. The number of nitrogens with two attached hydrogens (primary N) is 1. The second-order valence-electron chi connectivity index (χ2n) is 4.21. The van der Waals surface area contributed by atoms with Gasteiger partial charge in [0.2, 0.25) is 0 Å². The van der Waals surface area contributed by atoms with Crippen molar-refractivity contribution < 1.29 is 9.53 Å². The van der Waals surface area contributed by atoms with Gasteiger partial charge in [0.15, 0.2) is 0 Å². The molecule has 3 N–H and O–H groups in total. The first kappa shape index (κ1) is 15.7. The number of hydrogen-bond acceptors (Lipinski definition) is 3. The van der Waals surface area contributed by atoms with Crippen molar-refractivity contribution in [1.82, 2.24) is 0 Å². The molecule has 0 saturated heterocycles.